The molecule has 1 aliphatic heterocycles. The van der Waals surface area contributed by atoms with E-state index in [1.807, 2.05) is 12.1 Å². The van der Waals surface area contributed by atoms with Crippen LogP contribution >= 0.6 is 0 Å². The van der Waals surface area contributed by atoms with Crippen LogP contribution in [0.1, 0.15) is 18.9 Å². The first kappa shape index (κ1) is 11.5. The topological polar surface area (TPSA) is 90.9 Å². The molecule has 1 fully saturated rings. The minimum atomic E-state index is -2.85. The number of sulfone groups is 1. The molecule has 0 atom stereocenters. The van der Waals surface area contributed by atoms with Gasteiger partial charge in [0.2, 0.25) is 0 Å². The molecule has 0 amide bonds. The summed E-state index contributed by atoms with van der Waals surface area (Å²) in [4.78, 5) is 0. The van der Waals surface area contributed by atoms with Crippen LogP contribution in [0.5, 0.6) is 0 Å². The van der Waals surface area contributed by atoms with Crippen molar-refractivity contribution in [1.29, 1.82) is 0 Å². The molecular formula is C11H14N4O2S. The third-order valence-electron chi connectivity index (χ3n) is 3.40. The fourth-order valence-electron chi connectivity index (χ4n) is 2.38. The van der Waals surface area contributed by atoms with Gasteiger partial charge < -0.3 is 5.73 Å². The van der Waals surface area contributed by atoms with Crippen LogP contribution in [0.25, 0.3) is 11.0 Å². The molecule has 1 aromatic carbocycles. The maximum Gasteiger partial charge on any atom is 0.150 e. The Morgan fingerprint density at radius 3 is 2.72 bits per heavy atom. The molecule has 0 unspecified atom stereocenters. The molecule has 0 saturated carbocycles. The molecule has 0 spiro atoms. The van der Waals surface area contributed by atoms with E-state index in [9.17, 15) is 8.42 Å². The summed E-state index contributed by atoms with van der Waals surface area (Å²) in [5.74, 6) is 0.447. The lowest BCUT2D eigenvalue weighted by molar-refractivity contribution is 0.415. The second kappa shape index (κ2) is 3.94. The van der Waals surface area contributed by atoms with Crippen LogP contribution in [0.3, 0.4) is 0 Å². The third kappa shape index (κ3) is 1.84. The highest BCUT2D eigenvalue weighted by atomic mass is 32.2. The number of benzene rings is 1. The summed E-state index contributed by atoms with van der Waals surface area (Å²) in [6.07, 6.45) is 1.19. The van der Waals surface area contributed by atoms with Gasteiger partial charge in [0.15, 0.2) is 0 Å². The number of hydrogen-bond acceptors (Lipinski definition) is 5. The molecule has 7 heteroatoms. The van der Waals surface area contributed by atoms with E-state index in [-0.39, 0.29) is 17.5 Å². The van der Waals surface area contributed by atoms with Gasteiger partial charge in [-0.15, -0.1) is 5.10 Å². The van der Waals surface area contributed by atoms with Crippen LogP contribution in [0.2, 0.25) is 0 Å². The van der Waals surface area contributed by atoms with Gasteiger partial charge in [-0.2, -0.15) is 0 Å². The summed E-state index contributed by atoms with van der Waals surface area (Å²) in [5, 5.41) is 8.19. The predicted molar refractivity (Wildman–Crippen MR) is 68.9 cm³/mol. The molecule has 0 aliphatic carbocycles. The van der Waals surface area contributed by atoms with Crippen LogP contribution in [-0.4, -0.2) is 34.9 Å². The minimum absolute atomic E-state index is 0.0975. The second-order valence-electron chi connectivity index (χ2n) is 4.63. The highest BCUT2D eigenvalue weighted by Gasteiger charge is 2.26. The summed E-state index contributed by atoms with van der Waals surface area (Å²) >= 11 is 0. The molecule has 0 radical (unpaired) electrons. The number of nitrogens with two attached hydrogens (primary N) is 1. The Hall–Kier alpha value is -1.63. The first-order valence-electron chi connectivity index (χ1n) is 5.87. The smallest absolute Gasteiger partial charge is 0.150 e. The Balaban J connectivity index is 1.99. The Labute approximate surface area is 105 Å². The Kier molecular flexibility index (Phi) is 2.51. The van der Waals surface area contributed by atoms with E-state index in [1.54, 1.807) is 10.7 Å². The lowest BCUT2D eigenvalue weighted by Crippen LogP contribution is -2.26. The van der Waals surface area contributed by atoms with E-state index < -0.39 is 9.84 Å². The van der Waals surface area contributed by atoms with Gasteiger partial charge in [-0.3, -0.25) is 0 Å². The van der Waals surface area contributed by atoms with E-state index in [1.165, 1.54) is 0 Å². The van der Waals surface area contributed by atoms with Gasteiger partial charge in [0.1, 0.15) is 15.4 Å². The zero-order valence-electron chi connectivity index (χ0n) is 9.78. The molecule has 1 aliphatic rings. The number of nitrogen functional groups attached to an aromatic ring is 1. The zero-order chi connectivity index (χ0) is 12.8. The summed E-state index contributed by atoms with van der Waals surface area (Å²) in [7, 11) is -2.85. The van der Waals surface area contributed by atoms with E-state index in [0.29, 0.717) is 24.0 Å². The Morgan fingerprint density at radius 1 is 1.28 bits per heavy atom. The number of aromatic nitrogens is 3. The number of hydrogen-bond donors (Lipinski definition) is 1. The van der Waals surface area contributed by atoms with Crippen molar-refractivity contribution >= 4 is 26.6 Å². The molecule has 1 saturated heterocycles. The van der Waals surface area contributed by atoms with Crippen molar-refractivity contribution in [3.05, 3.63) is 18.2 Å². The minimum Gasteiger partial charge on any atom is -0.397 e. The molecule has 2 heterocycles. The molecule has 2 aromatic rings. The van der Waals surface area contributed by atoms with Crippen molar-refractivity contribution in [3.8, 4) is 0 Å². The van der Waals surface area contributed by atoms with Gasteiger partial charge in [0.05, 0.1) is 28.8 Å². The van der Waals surface area contributed by atoms with E-state index in [0.717, 1.165) is 5.52 Å². The fourth-order valence-corrected chi connectivity index (χ4v) is 3.84. The summed E-state index contributed by atoms with van der Waals surface area (Å²) in [6.45, 7) is 0. The standard InChI is InChI=1S/C11H14N4O2S/c12-9-2-1-3-10-11(9)13-14-15(10)8-4-6-18(16,17)7-5-8/h1-3,8H,4-7,12H2. The quantitative estimate of drug-likeness (QED) is 0.770. The fraction of sp³-hybridized carbons (Fsp3) is 0.455. The van der Waals surface area contributed by atoms with Crippen LogP contribution in [-0.2, 0) is 9.84 Å². The number of fused-ring (bicyclic) bond motifs is 1. The lowest BCUT2D eigenvalue weighted by Gasteiger charge is -2.22. The van der Waals surface area contributed by atoms with Crippen LogP contribution in [0.4, 0.5) is 5.69 Å². The molecule has 3 rings (SSSR count). The monoisotopic (exact) mass is 266 g/mol. The SMILES string of the molecule is Nc1cccc2c1nnn2C1CCS(=O)(=O)CC1. The summed E-state index contributed by atoms with van der Waals surface area (Å²) in [6, 6.07) is 5.65. The molecule has 1 aromatic heterocycles. The van der Waals surface area contributed by atoms with Gasteiger partial charge in [-0.05, 0) is 25.0 Å². The largest absolute Gasteiger partial charge is 0.397 e. The number of anilines is 1. The van der Waals surface area contributed by atoms with Gasteiger partial charge in [0, 0.05) is 0 Å². The second-order valence-corrected chi connectivity index (χ2v) is 6.94. The summed E-state index contributed by atoms with van der Waals surface area (Å²) in [5.41, 5.74) is 7.99. The maximum absolute atomic E-state index is 11.4. The van der Waals surface area contributed by atoms with Crippen molar-refractivity contribution in [2.75, 3.05) is 17.2 Å². The molecule has 18 heavy (non-hydrogen) atoms. The van der Waals surface area contributed by atoms with E-state index in [2.05, 4.69) is 10.3 Å². The van der Waals surface area contributed by atoms with Crippen molar-refractivity contribution in [1.82, 2.24) is 15.0 Å². The van der Waals surface area contributed by atoms with Gasteiger partial charge in [-0.25, -0.2) is 13.1 Å². The van der Waals surface area contributed by atoms with Crippen molar-refractivity contribution in [2.45, 2.75) is 18.9 Å². The average molecular weight is 266 g/mol. The van der Waals surface area contributed by atoms with E-state index >= 15 is 0 Å². The molecule has 2 N–H and O–H groups in total. The lowest BCUT2D eigenvalue weighted by atomic mass is 10.1. The van der Waals surface area contributed by atoms with Gasteiger partial charge >= 0.3 is 0 Å². The highest BCUT2D eigenvalue weighted by molar-refractivity contribution is 7.91. The zero-order valence-corrected chi connectivity index (χ0v) is 10.6. The van der Waals surface area contributed by atoms with Crippen LogP contribution < -0.4 is 5.73 Å². The van der Waals surface area contributed by atoms with Crippen molar-refractivity contribution in [2.24, 2.45) is 0 Å². The normalized spacial score (nSPS) is 20.2. The molecule has 96 valence electrons. The summed E-state index contributed by atoms with van der Waals surface area (Å²) < 4.78 is 24.6. The predicted octanol–water partition coefficient (Wildman–Crippen LogP) is 0.763. The van der Waals surface area contributed by atoms with Crippen LogP contribution in [0.15, 0.2) is 18.2 Å². The number of rotatable bonds is 1. The Bertz CT molecular complexity index is 678. The molecular weight excluding hydrogens is 252 g/mol. The third-order valence-corrected chi connectivity index (χ3v) is 5.12. The maximum atomic E-state index is 11.4. The van der Waals surface area contributed by atoms with E-state index in [4.69, 9.17) is 5.73 Å². The Morgan fingerprint density at radius 2 is 2.00 bits per heavy atom. The molecule has 6 nitrogen and oxygen atoms in total. The van der Waals surface area contributed by atoms with Crippen molar-refractivity contribution < 1.29 is 8.42 Å². The highest BCUT2D eigenvalue weighted by Crippen LogP contribution is 2.27. The number of nitrogens with zero attached hydrogens (tertiary/aromatic N) is 3. The average Bonchev–Trinajstić information content (AvgIpc) is 2.74. The molecule has 0 bridgehead atoms. The van der Waals surface area contributed by atoms with Crippen LogP contribution in [0, 0.1) is 0 Å². The van der Waals surface area contributed by atoms with Gasteiger partial charge in [0.25, 0.3) is 0 Å². The first-order valence-corrected chi connectivity index (χ1v) is 7.69. The van der Waals surface area contributed by atoms with Crippen molar-refractivity contribution in [3.63, 3.8) is 0 Å². The first-order chi connectivity index (χ1) is 8.57. The van der Waals surface area contributed by atoms with Gasteiger partial charge in [-0.1, -0.05) is 11.3 Å².